The van der Waals surface area contributed by atoms with Gasteiger partial charge >= 0.3 is 0 Å². The molecule has 0 aliphatic heterocycles. The van der Waals surface area contributed by atoms with Crippen molar-refractivity contribution in [2.45, 2.75) is 19.6 Å². The molecule has 0 saturated carbocycles. The fourth-order valence-corrected chi connectivity index (χ4v) is 4.09. The normalized spacial score (nSPS) is 10.9. The molecule has 168 valence electrons. The molecule has 1 heterocycles. The predicted octanol–water partition coefficient (Wildman–Crippen LogP) is 6.34. The van der Waals surface area contributed by atoms with E-state index in [4.69, 9.17) is 0 Å². The minimum absolute atomic E-state index is 0.271. The van der Waals surface area contributed by atoms with Crippen LogP contribution in [0.1, 0.15) is 16.7 Å². The number of anilines is 1. The molecule has 0 N–H and O–H groups in total. The first-order valence-electron chi connectivity index (χ1n) is 11.3. The lowest BCUT2D eigenvalue weighted by atomic mass is 10.1. The molecule has 0 fully saturated rings. The van der Waals surface area contributed by atoms with Gasteiger partial charge in [-0.1, -0.05) is 96.2 Å². The molecule has 0 spiro atoms. The first kappa shape index (κ1) is 21.6. The van der Waals surface area contributed by atoms with Gasteiger partial charge in [-0.05, 0) is 41.0 Å². The van der Waals surface area contributed by atoms with E-state index >= 15 is 0 Å². The third kappa shape index (κ3) is 5.04. The summed E-state index contributed by atoms with van der Waals surface area (Å²) in [6.45, 7) is 1.96. The maximum absolute atomic E-state index is 13.7. The van der Waals surface area contributed by atoms with Crippen molar-refractivity contribution in [3.05, 3.63) is 138 Å². The number of aromatic nitrogens is 3. The summed E-state index contributed by atoms with van der Waals surface area (Å²) < 4.78 is 15.6. The van der Waals surface area contributed by atoms with Crippen molar-refractivity contribution in [3.63, 3.8) is 0 Å². The SMILES string of the molecule is Fc1ccc(-c2nnn(Cc3ccccc3)c2N(Cc2ccccc2)Cc2ccccc2)cc1. The van der Waals surface area contributed by atoms with Gasteiger partial charge < -0.3 is 4.90 Å². The zero-order valence-corrected chi connectivity index (χ0v) is 18.8. The highest BCUT2D eigenvalue weighted by atomic mass is 19.1. The van der Waals surface area contributed by atoms with Crippen LogP contribution >= 0.6 is 0 Å². The quantitative estimate of drug-likeness (QED) is 0.278. The van der Waals surface area contributed by atoms with Crippen LogP contribution in [0.4, 0.5) is 10.2 Å². The van der Waals surface area contributed by atoms with Crippen LogP contribution in [0.2, 0.25) is 0 Å². The fourth-order valence-electron chi connectivity index (χ4n) is 4.09. The molecule has 0 aliphatic carbocycles. The maximum atomic E-state index is 13.7. The summed E-state index contributed by atoms with van der Waals surface area (Å²) in [5.41, 5.74) is 5.09. The van der Waals surface area contributed by atoms with Gasteiger partial charge in [-0.15, -0.1) is 5.10 Å². The van der Waals surface area contributed by atoms with Crippen molar-refractivity contribution in [3.8, 4) is 11.3 Å². The molecule has 0 unspecified atom stereocenters. The van der Waals surface area contributed by atoms with Gasteiger partial charge in [0, 0.05) is 18.7 Å². The Balaban J connectivity index is 1.62. The van der Waals surface area contributed by atoms with Gasteiger partial charge in [-0.3, -0.25) is 0 Å². The van der Waals surface area contributed by atoms with Gasteiger partial charge in [0.2, 0.25) is 0 Å². The van der Waals surface area contributed by atoms with Crippen LogP contribution < -0.4 is 4.90 Å². The molecule has 5 heteroatoms. The highest BCUT2D eigenvalue weighted by molar-refractivity contribution is 5.72. The number of benzene rings is 4. The fraction of sp³-hybridized carbons (Fsp3) is 0.103. The number of hydrogen-bond acceptors (Lipinski definition) is 3. The third-order valence-corrected chi connectivity index (χ3v) is 5.73. The van der Waals surface area contributed by atoms with Crippen LogP contribution in [0, 0.1) is 5.82 Å². The molecule has 5 rings (SSSR count). The average molecular weight is 449 g/mol. The summed E-state index contributed by atoms with van der Waals surface area (Å²) in [5.74, 6) is 0.635. The molecule has 0 aliphatic rings. The standard InChI is InChI=1S/C29H25FN4/c30-27-18-16-26(17-19-27)28-29(34(32-31-28)22-25-14-8-3-9-15-25)33(20-23-10-4-1-5-11-23)21-24-12-6-2-7-13-24/h1-19H,20-22H2. The van der Waals surface area contributed by atoms with E-state index in [1.54, 1.807) is 12.1 Å². The second-order valence-electron chi connectivity index (χ2n) is 8.24. The summed E-state index contributed by atoms with van der Waals surface area (Å²) in [6, 6.07) is 37.4. The van der Waals surface area contributed by atoms with Crippen molar-refractivity contribution in [2.75, 3.05) is 4.90 Å². The first-order chi connectivity index (χ1) is 16.8. The Bertz CT molecular complexity index is 1280. The third-order valence-electron chi connectivity index (χ3n) is 5.73. The van der Waals surface area contributed by atoms with Crippen molar-refractivity contribution < 1.29 is 4.39 Å². The molecule has 4 nitrogen and oxygen atoms in total. The van der Waals surface area contributed by atoms with Crippen LogP contribution in [-0.4, -0.2) is 15.0 Å². The Labute approximate surface area is 198 Å². The maximum Gasteiger partial charge on any atom is 0.156 e. The molecule has 0 amide bonds. The van der Waals surface area contributed by atoms with Crippen molar-refractivity contribution >= 4 is 5.82 Å². The zero-order valence-electron chi connectivity index (χ0n) is 18.8. The molecule has 1 aromatic heterocycles. The van der Waals surface area contributed by atoms with Crippen molar-refractivity contribution in [1.82, 2.24) is 15.0 Å². The lowest BCUT2D eigenvalue weighted by molar-refractivity contribution is 0.625. The van der Waals surface area contributed by atoms with E-state index in [2.05, 4.69) is 75.9 Å². The molecule has 34 heavy (non-hydrogen) atoms. The number of nitrogens with zero attached hydrogens (tertiary/aromatic N) is 4. The van der Waals surface area contributed by atoms with Crippen molar-refractivity contribution in [1.29, 1.82) is 0 Å². The molecular formula is C29H25FN4. The Morgan fingerprint density at radius 3 is 1.65 bits per heavy atom. The van der Waals surface area contributed by atoms with Gasteiger partial charge in [0.1, 0.15) is 11.5 Å². The van der Waals surface area contributed by atoms with Gasteiger partial charge in [-0.2, -0.15) is 0 Å². The highest BCUT2D eigenvalue weighted by Crippen LogP contribution is 2.32. The first-order valence-corrected chi connectivity index (χ1v) is 11.3. The van der Waals surface area contributed by atoms with Gasteiger partial charge in [-0.25, -0.2) is 9.07 Å². The summed E-state index contributed by atoms with van der Waals surface area (Å²) >= 11 is 0. The van der Waals surface area contributed by atoms with E-state index in [9.17, 15) is 4.39 Å². The van der Waals surface area contributed by atoms with E-state index in [1.807, 2.05) is 35.0 Å². The Hall–Kier alpha value is -4.25. The molecular weight excluding hydrogens is 423 g/mol. The van der Waals surface area contributed by atoms with E-state index < -0.39 is 0 Å². The van der Waals surface area contributed by atoms with E-state index in [1.165, 1.54) is 23.3 Å². The Morgan fingerprint density at radius 1 is 0.618 bits per heavy atom. The lowest BCUT2D eigenvalue weighted by Gasteiger charge is -2.26. The largest absolute Gasteiger partial charge is 0.346 e. The molecule has 5 aromatic rings. The van der Waals surface area contributed by atoms with Crippen LogP contribution in [0.5, 0.6) is 0 Å². The molecule has 0 radical (unpaired) electrons. The molecule has 0 atom stereocenters. The molecule has 0 saturated heterocycles. The minimum atomic E-state index is -0.271. The summed E-state index contributed by atoms with van der Waals surface area (Å²) in [7, 11) is 0. The van der Waals surface area contributed by atoms with Crippen LogP contribution in [0.15, 0.2) is 115 Å². The highest BCUT2D eigenvalue weighted by Gasteiger charge is 2.22. The van der Waals surface area contributed by atoms with E-state index in [0.717, 1.165) is 22.6 Å². The summed E-state index contributed by atoms with van der Waals surface area (Å²) in [6.07, 6.45) is 0. The molecule has 0 bridgehead atoms. The van der Waals surface area contributed by atoms with E-state index in [-0.39, 0.29) is 5.82 Å². The second kappa shape index (κ2) is 10.1. The zero-order chi connectivity index (χ0) is 23.2. The monoisotopic (exact) mass is 448 g/mol. The average Bonchev–Trinajstić information content (AvgIpc) is 3.29. The van der Waals surface area contributed by atoms with Gasteiger partial charge in [0.15, 0.2) is 5.82 Å². The smallest absolute Gasteiger partial charge is 0.156 e. The Morgan fingerprint density at radius 2 is 1.12 bits per heavy atom. The summed E-state index contributed by atoms with van der Waals surface area (Å²) in [4.78, 5) is 2.30. The lowest BCUT2D eigenvalue weighted by Crippen LogP contribution is -2.26. The van der Waals surface area contributed by atoms with Crippen LogP contribution in [0.3, 0.4) is 0 Å². The van der Waals surface area contributed by atoms with Crippen molar-refractivity contribution in [2.24, 2.45) is 0 Å². The Kier molecular flexibility index (Phi) is 6.43. The topological polar surface area (TPSA) is 34.0 Å². The van der Waals surface area contributed by atoms with Gasteiger partial charge in [0.05, 0.1) is 6.54 Å². The van der Waals surface area contributed by atoms with Crippen LogP contribution in [0.25, 0.3) is 11.3 Å². The predicted molar refractivity (Wildman–Crippen MR) is 134 cm³/mol. The number of rotatable bonds is 8. The summed E-state index contributed by atoms with van der Waals surface area (Å²) in [5, 5.41) is 9.11. The second-order valence-corrected chi connectivity index (χ2v) is 8.24. The van der Waals surface area contributed by atoms with Gasteiger partial charge in [0.25, 0.3) is 0 Å². The van der Waals surface area contributed by atoms with E-state index in [0.29, 0.717) is 19.6 Å². The minimum Gasteiger partial charge on any atom is -0.346 e. The molecule has 4 aromatic carbocycles. The van der Waals surface area contributed by atoms with Crippen LogP contribution in [-0.2, 0) is 19.6 Å². The number of halogens is 1. The number of hydrogen-bond donors (Lipinski definition) is 0.